The summed E-state index contributed by atoms with van der Waals surface area (Å²) in [5, 5.41) is 12.5. The first kappa shape index (κ1) is 12.8. The van der Waals surface area contributed by atoms with E-state index in [0.717, 1.165) is 45.3 Å². The molecular weight excluding hydrogens is 216 g/mol. The third-order valence-electron chi connectivity index (χ3n) is 4.30. The maximum Gasteiger partial charge on any atom is 0.320 e. The lowest BCUT2D eigenvalue weighted by Crippen LogP contribution is -2.47. The molecule has 0 amide bonds. The lowest BCUT2D eigenvalue weighted by molar-refractivity contribution is -0.140. The number of hydrogen-bond acceptors (Lipinski definition) is 3. The monoisotopic (exact) mass is 240 g/mol. The van der Waals surface area contributed by atoms with Crippen LogP contribution in [0.3, 0.4) is 0 Å². The van der Waals surface area contributed by atoms with Gasteiger partial charge in [-0.25, -0.2) is 0 Å². The molecule has 1 saturated carbocycles. The lowest BCUT2D eigenvalue weighted by atomic mass is 9.80. The quantitative estimate of drug-likeness (QED) is 0.757. The van der Waals surface area contributed by atoms with Crippen molar-refractivity contribution in [2.24, 2.45) is 11.3 Å². The van der Waals surface area contributed by atoms with E-state index in [2.05, 4.69) is 24.2 Å². The number of piperidine rings is 1. The molecule has 2 rings (SSSR count). The number of carboxylic acids is 1. The molecule has 0 bridgehead atoms. The van der Waals surface area contributed by atoms with Gasteiger partial charge in [-0.1, -0.05) is 6.92 Å². The summed E-state index contributed by atoms with van der Waals surface area (Å²) in [6.07, 6.45) is 4.47. The molecule has 1 saturated heterocycles. The molecule has 0 aromatic carbocycles. The lowest BCUT2D eigenvalue weighted by Gasteiger charge is -2.38. The van der Waals surface area contributed by atoms with E-state index in [0.29, 0.717) is 5.92 Å². The summed E-state index contributed by atoms with van der Waals surface area (Å²) in [5.74, 6) is -0.300. The van der Waals surface area contributed by atoms with Gasteiger partial charge in [0, 0.05) is 6.54 Å². The molecule has 98 valence electrons. The Labute approximate surface area is 103 Å². The van der Waals surface area contributed by atoms with Crippen molar-refractivity contribution in [3.63, 3.8) is 0 Å². The number of carbonyl (C=O) groups is 1. The van der Waals surface area contributed by atoms with Crippen molar-refractivity contribution in [1.82, 2.24) is 10.2 Å². The first-order valence-electron chi connectivity index (χ1n) is 6.65. The maximum atomic E-state index is 11.1. The van der Waals surface area contributed by atoms with Crippen molar-refractivity contribution in [1.29, 1.82) is 0 Å². The summed E-state index contributed by atoms with van der Waals surface area (Å²) in [5.41, 5.74) is 0.273. The SMILES string of the molecule is CN1CCC(C)(CNC(C(=O)O)C2CC2)CC1. The van der Waals surface area contributed by atoms with Crippen LogP contribution in [-0.2, 0) is 4.79 Å². The average Bonchev–Trinajstić information content (AvgIpc) is 3.07. The second kappa shape index (κ2) is 4.94. The van der Waals surface area contributed by atoms with Gasteiger partial charge in [0.2, 0.25) is 0 Å². The predicted octanol–water partition coefficient (Wildman–Crippen LogP) is 1.17. The Morgan fingerprint density at radius 3 is 2.53 bits per heavy atom. The third kappa shape index (κ3) is 3.42. The van der Waals surface area contributed by atoms with Crippen molar-refractivity contribution >= 4 is 5.97 Å². The topological polar surface area (TPSA) is 52.6 Å². The normalized spacial score (nSPS) is 26.7. The van der Waals surface area contributed by atoms with Gasteiger partial charge >= 0.3 is 5.97 Å². The van der Waals surface area contributed by atoms with E-state index in [4.69, 9.17) is 5.11 Å². The van der Waals surface area contributed by atoms with Crippen LogP contribution in [0.1, 0.15) is 32.6 Å². The number of likely N-dealkylation sites (tertiary alicyclic amines) is 1. The summed E-state index contributed by atoms with van der Waals surface area (Å²) in [7, 11) is 2.15. The molecule has 1 aliphatic heterocycles. The van der Waals surface area contributed by atoms with Crippen LogP contribution < -0.4 is 5.32 Å². The van der Waals surface area contributed by atoms with Gasteiger partial charge in [0.05, 0.1) is 0 Å². The fraction of sp³-hybridized carbons (Fsp3) is 0.923. The molecule has 1 heterocycles. The Hall–Kier alpha value is -0.610. The minimum atomic E-state index is -0.677. The van der Waals surface area contributed by atoms with Gasteiger partial charge in [-0.2, -0.15) is 0 Å². The van der Waals surface area contributed by atoms with Crippen molar-refractivity contribution in [2.45, 2.75) is 38.6 Å². The fourth-order valence-corrected chi connectivity index (χ4v) is 2.58. The number of nitrogens with zero attached hydrogens (tertiary/aromatic N) is 1. The molecule has 0 aromatic heterocycles. The molecule has 2 N–H and O–H groups in total. The van der Waals surface area contributed by atoms with Gasteiger partial charge in [0.1, 0.15) is 6.04 Å². The van der Waals surface area contributed by atoms with Crippen molar-refractivity contribution in [3.05, 3.63) is 0 Å². The average molecular weight is 240 g/mol. The zero-order valence-corrected chi connectivity index (χ0v) is 10.9. The second-order valence-electron chi connectivity index (χ2n) is 6.15. The Kier molecular flexibility index (Phi) is 3.73. The van der Waals surface area contributed by atoms with E-state index in [9.17, 15) is 4.79 Å². The molecule has 0 radical (unpaired) electrons. The summed E-state index contributed by atoms with van der Waals surface area (Å²) in [4.78, 5) is 13.5. The Morgan fingerprint density at radius 1 is 1.47 bits per heavy atom. The molecule has 2 aliphatic rings. The van der Waals surface area contributed by atoms with Gasteiger partial charge in [-0.3, -0.25) is 4.79 Å². The van der Waals surface area contributed by atoms with E-state index in [-0.39, 0.29) is 11.5 Å². The second-order valence-corrected chi connectivity index (χ2v) is 6.15. The van der Waals surface area contributed by atoms with Crippen LogP contribution in [-0.4, -0.2) is 48.7 Å². The van der Waals surface area contributed by atoms with Gasteiger partial charge in [0.15, 0.2) is 0 Å². The van der Waals surface area contributed by atoms with E-state index in [1.54, 1.807) is 0 Å². The molecule has 2 fully saturated rings. The van der Waals surface area contributed by atoms with Gasteiger partial charge in [0.25, 0.3) is 0 Å². The summed E-state index contributed by atoms with van der Waals surface area (Å²) < 4.78 is 0. The minimum Gasteiger partial charge on any atom is -0.480 e. The highest BCUT2D eigenvalue weighted by Gasteiger charge is 2.38. The Balaban J connectivity index is 1.81. The van der Waals surface area contributed by atoms with Gasteiger partial charge in [-0.15, -0.1) is 0 Å². The number of nitrogens with one attached hydrogen (secondary N) is 1. The molecule has 1 unspecified atom stereocenters. The van der Waals surface area contributed by atoms with Gasteiger partial charge in [-0.05, 0) is 57.2 Å². The summed E-state index contributed by atoms with van der Waals surface area (Å²) >= 11 is 0. The smallest absolute Gasteiger partial charge is 0.320 e. The molecule has 1 atom stereocenters. The highest BCUT2D eigenvalue weighted by atomic mass is 16.4. The molecule has 0 spiro atoms. The molecule has 4 nitrogen and oxygen atoms in total. The van der Waals surface area contributed by atoms with Crippen LogP contribution in [0.2, 0.25) is 0 Å². The van der Waals surface area contributed by atoms with Crippen molar-refractivity contribution < 1.29 is 9.90 Å². The molecular formula is C13H24N2O2. The van der Waals surface area contributed by atoms with Crippen molar-refractivity contribution in [3.8, 4) is 0 Å². The van der Waals surface area contributed by atoms with Crippen LogP contribution >= 0.6 is 0 Å². The molecule has 17 heavy (non-hydrogen) atoms. The standard InChI is InChI=1S/C13H24N2O2/c1-13(5-7-15(2)8-6-13)9-14-11(12(16)17)10-3-4-10/h10-11,14H,3-9H2,1-2H3,(H,16,17). The molecule has 4 heteroatoms. The zero-order valence-electron chi connectivity index (χ0n) is 10.9. The van der Waals surface area contributed by atoms with E-state index >= 15 is 0 Å². The number of aliphatic carboxylic acids is 1. The Morgan fingerprint density at radius 2 is 2.06 bits per heavy atom. The highest BCUT2D eigenvalue weighted by Crippen LogP contribution is 2.34. The third-order valence-corrected chi connectivity index (χ3v) is 4.30. The van der Waals surface area contributed by atoms with Crippen LogP contribution in [0.15, 0.2) is 0 Å². The first-order valence-corrected chi connectivity index (χ1v) is 6.65. The molecule has 1 aliphatic carbocycles. The van der Waals surface area contributed by atoms with E-state index < -0.39 is 5.97 Å². The predicted molar refractivity (Wildman–Crippen MR) is 67.0 cm³/mol. The number of carboxylic acid groups (broad SMARTS) is 1. The first-order chi connectivity index (χ1) is 8.00. The van der Waals surface area contributed by atoms with E-state index in [1.807, 2.05) is 0 Å². The zero-order chi connectivity index (χ0) is 12.5. The number of rotatable bonds is 5. The maximum absolute atomic E-state index is 11.1. The summed E-state index contributed by atoms with van der Waals surface area (Å²) in [6, 6.07) is -0.313. The summed E-state index contributed by atoms with van der Waals surface area (Å²) in [6.45, 7) is 5.37. The van der Waals surface area contributed by atoms with Crippen LogP contribution in [0.5, 0.6) is 0 Å². The minimum absolute atomic E-state index is 0.273. The van der Waals surface area contributed by atoms with Crippen LogP contribution in [0, 0.1) is 11.3 Å². The Bertz CT molecular complexity index is 281. The molecule has 0 aromatic rings. The number of hydrogen-bond donors (Lipinski definition) is 2. The van der Waals surface area contributed by atoms with Crippen LogP contribution in [0.25, 0.3) is 0 Å². The largest absolute Gasteiger partial charge is 0.480 e. The fourth-order valence-electron chi connectivity index (χ4n) is 2.58. The van der Waals surface area contributed by atoms with Crippen molar-refractivity contribution in [2.75, 3.05) is 26.7 Å². The van der Waals surface area contributed by atoms with Gasteiger partial charge < -0.3 is 15.3 Å². The van der Waals surface area contributed by atoms with E-state index in [1.165, 1.54) is 0 Å². The van der Waals surface area contributed by atoms with Crippen LogP contribution in [0.4, 0.5) is 0 Å². The highest BCUT2D eigenvalue weighted by molar-refractivity contribution is 5.74.